The summed E-state index contributed by atoms with van der Waals surface area (Å²) in [5, 5.41) is 7.08. The molecule has 0 saturated heterocycles. The van der Waals surface area contributed by atoms with Crippen LogP contribution in [0.2, 0.25) is 0 Å². The van der Waals surface area contributed by atoms with Crippen LogP contribution in [0.4, 0.5) is 10.5 Å². The summed E-state index contributed by atoms with van der Waals surface area (Å²) in [5.74, 6) is 0. The van der Waals surface area contributed by atoms with Crippen LogP contribution in [0.5, 0.6) is 0 Å². The number of ether oxygens (including phenoxy) is 2. The third-order valence-electron chi connectivity index (χ3n) is 3.53. The van der Waals surface area contributed by atoms with E-state index < -0.39 is 0 Å². The lowest BCUT2D eigenvalue weighted by Crippen LogP contribution is -2.39. The molecule has 130 valence electrons. The van der Waals surface area contributed by atoms with Gasteiger partial charge in [-0.15, -0.1) is 0 Å². The van der Waals surface area contributed by atoms with Crippen molar-refractivity contribution in [3.05, 3.63) is 48.3 Å². The van der Waals surface area contributed by atoms with Crippen LogP contribution in [0, 0.1) is 0 Å². The Hall–Kier alpha value is -2.38. The molecule has 0 saturated carbocycles. The number of hydrogen-bond acceptors (Lipinski definition) is 4. The van der Waals surface area contributed by atoms with E-state index in [0.717, 1.165) is 11.3 Å². The van der Waals surface area contributed by atoms with Crippen LogP contribution >= 0.6 is 0 Å². The predicted molar refractivity (Wildman–Crippen MR) is 92.1 cm³/mol. The Bertz CT molecular complexity index is 591. The molecule has 1 aromatic carbocycles. The van der Waals surface area contributed by atoms with Crippen molar-refractivity contribution in [3.8, 4) is 0 Å². The van der Waals surface area contributed by atoms with Crippen LogP contribution in [0.25, 0.3) is 0 Å². The molecule has 1 aromatic heterocycles. The van der Waals surface area contributed by atoms with Crippen molar-refractivity contribution in [2.45, 2.75) is 6.54 Å². The molecular weight excluding hydrogens is 308 g/mol. The summed E-state index contributed by atoms with van der Waals surface area (Å²) < 4.78 is 11.9. The topological polar surface area (TPSA) is 68.6 Å². The first-order valence-corrected chi connectivity index (χ1v) is 7.83. The van der Waals surface area contributed by atoms with E-state index in [1.165, 1.54) is 0 Å². The molecule has 7 nitrogen and oxygen atoms in total. The first-order valence-electron chi connectivity index (χ1n) is 7.83. The van der Waals surface area contributed by atoms with Gasteiger partial charge in [0.1, 0.15) is 0 Å². The minimum absolute atomic E-state index is 0.163. The number of hydrogen-bond donors (Lipinski definition) is 1. The van der Waals surface area contributed by atoms with Crippen molar-refractivity contribution in [1.82, 2.24) is 14.7 Å². The highest BCUT2D eigenvalue weighted by Gasteiger charge is 2.13. The van der Waals surface area contributed by atoms with Crippen molar-refractivity contribution in [2.24, 2.45) is 0 Å². The highest BCUT2D eigenvalue weighted by molar-refractivity contribution is 5.89. The largest absolute Gasteiger partial charge is 0.383 e. The number of urea groups is 1. The molecular formula is C17H24N4O3. The van der Waals surface area contributed by atoms with Crippen molar-refractivity contribution in [3.63, 3.8) is 0 Å². The molecule has 2 rings (SSSR count). The number of rotatable bonds is 9. The van der Waals surface area contributed by atoms with Gasteiger partial charge >= 0.3 is 6.03 Å². The average Bonchev–Trinajstić information content (AvgIpc) is 3.09. The molecule has 0 unspecified atom stereocenters. The SMILES string of the molecule is COCCN(CCOC)C(=O)Nc1ccc(Cn2cccn2)cc1. The van der Waals surface area contributed by atoms with Gasteiger partial charge in [-0.3, -0.25) is 4.68 Å². The van der Waals surface area contributed by atoms with Crippen molar-refractivity contribution in [2.75, 3.05) is 45.8 Å². The van der Waals surface area contributed by atoms with E-state index in [2.05, 4.69) is 10.4 Å². The standard InChI is InChI=1S/C17H24N4O3/c1-23-12-10-20(11-13-24-2)17(22)19-16-6-4-15(5-7-16)14-21-9-3-8-18-21/h3-9H,10-14H2,1-2H3,(H,19,22). The molecule has 1 N–H and O–H groups in total. The summed E-state index contributed by atoms with van der Waals surface area (Å²) in [5.41, 5.74) is 1.87. The van der Waals surface area contributed by atoms with Gasteiger partial charge in [-0.1, -0.05) is 12.1 Å². The summed E-state index contributed by atoms with van der Waals surface area (Å²) in [7, 11) is 3.23. The molecule has 7 heteroatoms. The van der Waals surface area contributed by atoms with E-state index in [1.807, 2.05) is 41.2 Å². The minimum Gasteiger partial charge on any atom is -0.383 e. The Morgan fingerprint density at radius 3 is 2.38 bits per heavy atom. The van der Waals surface area contributed by atoms with E-state index in [9.17, 15) is 4.79 Å². The summed E-state index contributed by atoms with van der Waals surface area (Å²) in [6, 6.07) is 9.47. The number of nitrogens with one attached hydrogen (secondary N) is 1. The first kappa shape index (κ1) is 18.0. The van der Waals surface area contributed by atoms with Crippen molar-refractivity contribution >= 4 is 11.7 Å². The van der Waals surface area contributed by atoms with E-state index in [1.54, 1.807) is 25.3 Å². The number of aromatic nitrogens is 2. The Kier molecular flexibility index (Phi) is 7.25. The third-order valence-corrected chi connectivity index (χ3v) is 3.53. The van der Waals surface area contributed by atoms with Gasteiger partial charge in [0.2, 0.25) is 0 Å². The van der Waals surface area contributed by atoms with Gasteiger partial charge in [0.15, 0.2) is 0 Å². The highest BCUT2D eigenvalue weighted by atomic mass is 16.5. The lowest BCUT2D eigenvalue weighted by atomic mass is 10.2. The van der Waals surface area contributed by atoms with Crippen LogP contribution in [-0.4, -0.2) is 61.2 Å². The molecule has 0 spiro atoms. The molecule has 0 aliphatic rings. The maximum Gasteiger partial charge on any atom is 0.321 e. The van der Waals surface area contributed by atoms with Gasteiger partial charge in [0, 0.05) is 45.4 Å². The van der Waals surface area contributed by atoms with Gasteiger partial charge in [-0.2, -0.15) is 5.10 Å². The number of benzene rings is 1. The Morgan fingerprint density at radius 2 is 1.83 bits per heavy atom. The van der Waals surface area contributed by atoms with Gasteiger partial charge in [-0.25, -0.2) is 4.79 Å². The van der Waals surface area contributed by atoms with E-state index >= 15 is 0 Å². The molecule has 0 fully saturated rings. The monoisotopic (exact) mass is 332 g/mol. The zero-order valence-electron chi connectivity index (χ0n) is 14.1. The predicted octanol–water partition coefficient (Wildman–Crippen LogP) is 2.06. The van der Waals surface area contributed by atoms with Gasteiger partial charge in [-0.05, 0) is 23.8 Å². The van der Waals surface area contributed by atoms with Crippen molar-refractivity contribution in [1.29, 1.82) is 0 Å². The number of nitrogens with zero attached hydrogens (tertiary/aromatic N) is 3. The molecule has 0 radical (unpaired) electrons. The molecule has 0 aliphatic heterocycles. The van der Waals surface area contributed by atoms with Crippen LogP contribution in [0.15, 0.2) is 42.7 Å². The summed E-state index contributed by atoms with van der Waals surface area (Å²) in [6.07, 6.45) is 3.67. The second-order valence-electron chi connectivity index (χ2n) is 5.30. The maximum absolute atomic E-state index is 12.4. The average molecular weight is 332 g/mol. The maximum atomic E-state index is 12.4. The second-order valence-corrected chi connectivity index (χ2v) is 5.30. The van der Waals surface area contributed by atoms with Crippen LogP contribution in [0.3, 0.4) is 0 Å². The smallest absolute Gasteiger partial charge is 0.321 e. The van der Waals surface area contributed by atoms with Crippen LogP contribution in [0.1, 0.15) is 5.56 Å². The Morgan fingerprint density at radius 1 is 1.17 bits per heavy atom. The van der Waals surface area contributed by atoms with Gasteiger partial charge in [0.25, 0.3) is 0 Å². The molecule has 1 heterocycles. The molecule has 24 heavy (non-hydrogen) atoms. The number of carbonyl (C=O) groups is 1. The molecule has 0 aliphatic carbocycles. The molecule has 2 amide bonds. The van der Waals surface area contributed by atoms with E-state index in [0.29, 0.717) is 32.8 Å². The molecule has 2 aromatic rings. The minimum atomic E-state index is -0.163. The third kappa shape index (κ3) is 5.68. The van der Waals surface area contributed by atoms with Gasteiger partial charge < -0.3 is 19.7 Å². The fourth-order valence-electron chi connectivity index (χ4n) is 2.19. The summed E-state index contributed by atoms with van der Waals surface area (Å²) in [4.78, 5) is 14.0. The zero-order chi connectivity index (χ0) is 17.2. The van der Waals surface area contributed by atoms with E-state index in [-0.39, 0.29) is 6.03 Å². The van der Waals surface area contributed by atoms with E-state index in [4.69, 9.17) is 9.47 Å². The lowest BCUT2D eigenvalue weighted by Gasteiger charge is -2.22. The zero-order valence-corrected chi connectivity index (χ0v) is 14.1. The number of amides is 2. The van der Waals surface area contributed by atoms with Crippen LogP contribution in [-0.2, 0) is 16.0 Å². The number of methoxy groups -OCH3 is 2. The van der Waals surface area contributed by atoms with Crippen molar-refractivity contribution < 1.29 is 14.3 Å². The first-order chi connectivity index (χ1) is 11.7. The number of carbonyl (C=O) groups excluding carboxylic acids is 1. The second kappa shape index (κ2) is 9.69. The molecule has 0 bridgehead atoms. The fraction of sp³-hybridized carbons (Fsp3) is 0.412. The summed E-state index contributed by atoms with van der Waals surface area (Å²) >= 11 is 0. The highest BCUT2D eigenvalue weighted by Crippen LogP contribution is 2.11. The fourth-order valence-corrected chi connectivity index (χ4v) is 2.19. The quantitative estimate of drug-likeness (QED) is 0.763. The van der Waals surface area contributed by atoms with Crippen LogP contribution < -0.4 is 5.32 Å². The lowest BCUT2D eigenvalue weighted by molar-refractivity contribution is 0.127. The molecule has 0 atom stereocenters. The summed E-state index contributed by atoms with van der Waals surface area (Å²) in [6.45, 7) is 2.71. The number of anilines is 1. The Balaban J connectivity index is 1.91. The van der Waals surface area contributed by atoms with Gasteiger partial charge in [0.05, 0.1) is 19.8 Å². The Labute approximate surface area is 142 Å². The normalized spacial score (nSPS) is 10.6.